The molecule has 2 aliphatic rings. The van der Waals surface area contributed by atoms with Gasteiger partial charge in [-0.3, -0.25) is 0 Å². The SMILES string of the molecule is CCOc1cccc(NC2=C3Cc4cc(OCCCO)c(OC)cc4C3=IN2)c1. The van der Waals surface area contributed by atoms with Gasteiger partial charge in [0.25, 0.3) is 0 Å². The van der Waals surface area contributed by atoms with Gasteiger partial charge in [0.15, 0.2) is 11.5 Å². The van der Waals surface area contributed by atoms with E-state index in [1.54, 1.807) is 7.11 Å². The Morgan fingerprint density at radius 3 is 2.86 bits per heavy atom. The van der Waals surface area contributed by atoms with Crippen molar-refractivity contribution < 1.29 is 19.3 Å². The summed E-state index contributed by atoms with van der Waals surface area (Å²) in [5.41, 5.74) is 4.85. The molecule has 0 saturated heterocycles. The molecular weight excluding hydrogens is 483 g/mol. The molecule has 0 amide bonds. The number of methoxy groups -OCH3 is 1. The molecule has 1 heterocycles. The third-order valence-corrected chi connectivity index (χ3v) is 7.35. The monoisotopic (exact) mass is 508 g/mol. The Morgan fingerprint density at radius 1 is 1.17 bits per heavy atom. The number of hydrogen-bond acceptors (Lipinski definition) is 6. The minimum atomic E-state index is -0.317. The van der Waals surface area contributed by atoms with Gasteiger partial charge in [0.2, 0.25) is 0 Å². The lowest BCUT2D eigenvalue weighted by Gasteiger charge is -2.13. The van der Waals surface area contributed by atoms with E-state index < -0.39 is 0 Å². The zero-order valence-corrected chi connectivity index (χ0v) is 18.7. The van der Waals surface area contributed by atoms with Gasteiger partial charge in [-0.2, -0.15) is 0 Å². The first kappa shape index (κ1) is 20.0. The van der Waals surface area contributed by atoms with Crippen molar-refractivity contribution in [1.82, 2.24) is 3.53 Å². The molecule has 1 aliphatic heterocycles. The van der Waals surface area contributed by atoms with Crippen molar-refractivity contribution in [1.29, 1.82) is 0 Å². The van der Waals surface area contributed by atoms with Gasteiger partial charge in [0, 0.05) is 61.3 Å². The van der Waals surface area contributed by atoms with Crippen molar-refractivity contribution in [2.45, 2.75) is 19.8 Å². The second-order valence-electron chi connectivity index (χ2n) is 6.70. The number of aliphatic hydroxyl groups excluding tert-OH is 1. The maximum absolute atomic E-state index is 8.99. The number of hydrogen-bond donors (Lipinski definition) is 3. The Bertz CT molecular complexity index is 971. The van der Waals surface area contributed by atoms with E-state index in [1.807, 2.05) is 31.2 Å². The molecule has 0 bridgehead atoms. The topological polar surface area (TPSA) is 72.0 Å². The first-order chi connectivity index (χ1) is 14.2. The zero-order chi connectivity index (χ0) is 20.2. The molecule has 2 aromatic carbocycles. The van der Waals surface area contributed by atoms with E-state index in [2.05, 4.69) is 21.0 Å². The smallest absolute Gasteiger partial charge is 0.161 e. The molecule has 0 spiro atoms. The van der Waals surface area contributed by atoms with Crippen molar-refractivity contribution in [2.24, 2.45) is 0 Å². The lowest BCUT2D eigenvalue weighted by Crippen LogP contribution is -2.11. The minimum absolute atomic E-state index is 0.119. The Labute approximate surface area is 181 Å². The van der Waals surface area contributed by atoms with E-state index in [0.717, 1.165) is 35.2 Å². The Kier molecular flexibility index (Phi) is 6.25. The fraction of sp³-hybridized carbons (Fsp3) is 0.318. The summed E-state index contributed by atoms with van der Waals surface area (Å²) in [6.07, 6.45) is 1.47. The van der Waals surface area contributed by atoms with Gasteiger partial charge < -0.3 is 28.2 Å². The molecule has 7 heteroatoms. The molecule has 3 N–H and O–H groups in total. The third kappa shape index (κ3) is 4.20. The summed E-state index contributed by atoms with van der Waals surface area (Å²) >= 11 is -0.317. The van der Waals surface area contributed by atoms with E-state index in [1.165, 1.54) is 20.2 Å². The second kappa shape index (κ2) is 9.04. The number of aliphatic hydroxyl groups is 1. The van der Waals surface area contributed by atoms with E-state index in [4.69, 9.17) is 19.3 Å². The van der Waals surface area contributed by atoms with Gasteiger partial charge in [-0.25, -0.2) is 0 Å². The van der Waals surface area contributed by atoms with Crippen molar-refractivity contribution in [3.05, 3.63) is 58.9 Å². The molecule has 0 fully saturated rings. The second-order valence-corrected chi connectivity index (χ2v) is 8.86. The summed E-state index contributed by atoms with van der Waals surface area (Å²) in [6.45, 7) is 3.23. The van der Waals surface area contributed by atoms with Crippen LogP contribution in [0.5, 0.6) is 17.2 Å². The standard InChI is InChI=1S/C22H25IN2O4/c1-3-28-16-7-4-6-15(12-16)24-22-18-10-14-11-20(29-9-5-8-26)19(27-2)13-17(14)21(18)23-25-22/h4,6-7,11-13,24-26H,3,5,8-10H2,1-2H3. The molecule has 4 rings (SSSR count). The molecule has 29 heavy (non-hydrogen) atoms. The summed E-state index contributed by atoms with van der Waals surface area (Å²) < 4.78 is 22.0. The van der Waals surface area contributed by atoms with Crippen LogP contribution in [0.2, 0.25) is 0 Å². The number of rotatable bonds is 9. The van der Waals surface area contributed by atoms with Crippen LogP contribution in [-0.4, -0.2) is 35.5 Å². The number of allylic oxidation sites excluding steroid dienone is 1. The number of fused-ring (bicyclic) bond motifs is 3. The van der Waals surface area contributed by atoms with Crippen LogP contribution in [0.15, 0.2) is 47.8 Å². The van der Waals surface area contributed by atoms with Gasteiger partial charge in [-0.15, -0.1) is 0 Å². The highest BCUT2D eigenvalue weighted by Gasteiger charge is 2.30. The van der Waals surface area contributed by atoms with E-state index in [9.17, 15) is 0 Å². The van der Waals surface area contributed by atoms with Crippen LogP contribution in [0, 0.1) is 0 Å². The summed E-state index contributed by atoms with van der Waals surface area (Å²) in [7, 11) is 1.66. The van der Waals surface area contributed by atoms with Crippen LogP contribution >= 0.6 is 21.0 Å². The van der Waals surface area contributed by atoms with E-state index in [0.29, 0.717) is 19.6 Å². The maximum Gasteiger partial charge on any atom is 0.161 e. The number of anilines is 1. The molecule has 0 aromatic heterocycles. The molecular formula is C22H25IN2O4. The third-order valence-electron chi connectivity index (χ3n) is 4.77. The highest BCUT2D eigenvalue weighted by Crippen LogP contribution is 2.41. The van der Waals surface area contributed by atoms with Crippen LogP contribution in [-0.2, 0) is 6.42 Å². The molecule has 0 unspecified atom stereocenters. The van der Waals surface area contributed by atoms with Crippen LogP contribution in [0.1, 0.15) is 24.5 Å². The average Bonchev–Trinajstić information content (AvgIpc) is 3.27. The molecule has 154 valence electrons. The highest BCUT2D eigenvalue weighted by atomic mass is 127. The van der Waals surface area contributed by atoms with Gasteiger partial charge in [-0.05, 0) is 42.3 Å². The largest absolute Gasteiger partial charge is 0.494 e. The van der Waals surface area contributed by atoms with Crippen LogP contribution in [0.3, 0.4) is 0 Å². The van der Waals surface area contributed by atoms with Crippen LogP contribution in [0.4, 0.5) is 5.69 Å². The van der Waals surface area contributed by atoms with Gasteiger partial charge in [0.1, 0.15) is 11.6 Å². The number of ether oxygens (including phenoxy) is 3. The fourth-order valence-electron chi connectivity index (χ4n) is 3.43. The summed E-state index contributed by atoms with van der Waals surface area (Å²) in [5.74, 6) is 3.43. The van der Waals surface area contributed by atoms with Crippen molar-refractivity contribution in [3.63, 3.8) is 0 Å². The molecule has 0 radical (unpaired) electrons. The van der Waals surface area contributed by atoms with E-state index in [-0.39, 0.29) is 27.6 Å². The van der Waals surface area contributed by atoms with Gasteiger partial charge in [0.05, 0.1) is 20.3 Å². The fourth-order valence-corrected chi connectivity index (χ4v) is 6.01. The van der Waals surface area contributed by atoms with Crippen molar-refractivity contribution >= 4 is 30.2 Å². The number of nitrogens with one attached hydrogen (secondary N) is 2. The van der Waals surface area contributed by atoms with Crippen molar-refractivity contribution in [2.75, 3.05) is 32.2 Å². The highest BCUT2D eigenvalue weighted by molar-refractivity contribution is 14.2. The van der Waals surface area contributed by atoms with E-state index >= 15 is 0 Å². The quantitative estimate of drug-likeness (QED) is 0.273. The first-order valence-electron chi connectivity index (χ1n) is 9.68. The lowest BCUT2D eigenvalue weighted by molar-refractivity contribution is 0.228. The van der Waals surface area contributed by atoms with Crippen LogP contribution < -0.4 is 23.1 Å². The first-order valence-corrected chi connectivity index (χ1v) is 11.8. The molecule has 0 saturated carbocycles. The Balaban J connectivity index is 1.58. The van der Waals surface area contributed by atoms with Crippen LogP contribution in [0.25, 0.3) is 0 Å². The molecule has 1 aliphatic carbocycles. The Morgan fingerprint density at radius 2 is 2.07 bits per heavy atom. The number of halogens is 1. The number of benzene rings is 2. The molecule has 6 nitrogen and oxygen atoms in total. The predicted molar refractivity (Wildman–Crippen MR) is 123 cm³/mol. The van der Waals surface area contributed by atoms with Gasteiger partial charge in [-0.1, -0.05) is 6.07 Å². The van der Waals surface area contributed by atoms with Gasteiger partial charge >= 0.3 is 0 Å². The summed E-state index contributed by atoms with van der Waals surface area (Å²) in [5, 5.41) is 12.5. The zero-order valence-electron chi connectivity index (χ0n) is 16.5. The van der Waals surface area contributed by atoms with Crippen molar-refractivity contribution in [3.8, 4) is 17.2 Å². The maximum atomic E-state index is 8.99. The molecule has 0 atom stereocenters. The summed E-state index contributed by atoms with van der Waals surface area (Å²) in [6, 6.07) is 12.2. The minimum Gasteiger partial charge on any atom is -0.494 e. The lowest BCUT2D eigenvalue weighted by atomic mass is 10.1. The normalized spacial score (nSPS) is 14.4. The predicted octanol–water partition coefficient (Wildman–Crippen LogP) is 3.74. The Hall–Kier alpha value is -2.26. The average molecular weight is 508 g/mol. The summed E-state index contributed by atoms with van der Waals surface area (Å²) in [4.78, 5) is 0. The molecule has 2 aromatic rings.